The summed E-state index contributed by atoms with van der Waals surface area (Å²) in [6.07, 6.45) is 1.77. The second kappa shape index (κ2) is 6.79. The highest BCUT2D eigenvalue weighted by molar-refractivity contribution is 6.30. The molecule has 3 nitrogen and oxygen atoms in total. The molecule has 0 aromatic carbocycles. The van der Waals surface area contributed by atoms with Gasteiger partial charge in [0.2, 0.25) is 5.88 Å². The predicted molar refractivity (Wildman–Crippen MR) is 76.8 cm³/mol. The summed E-state index contributed by atoms with van der Waals surface area (Å²) < 4.78 is 5.57. The Labute approximate surface area is 110 Å². The third-order valence-corrected chi connectivity index (χ3v) is 2.20. The zero-order chi connectivity index (χ0) is 13.5. The fraction of sp³-hybridized carbons (Fsp3) is 0.286. The smallest absolute Gasteiger partial charge is 0.212 e. The average Bonchev–Trinajstić information content (AvgIpc) is 2.28. The number of aromatic nitrogens is 1. The zero-order valence-electron chi connectivity index (χ0n) is 11.1. The number of hydrogen-bond donors (Lipinski definition) is 0. The van der Waals surface area contributed by atoms with E-state index >= 15 is 0 Å². The summed E-state index contributed by atoms with van der Waals surface area (Å²) in [5, 5.41) is 0. The van der Waals surface area contributed by atoms with Gasteiger partial charge in [0.15, 0.2) is 0 Å². The molecule has 18 heavy (non-hydrogen) atoms. The second-order valence-electron chi connectivity index (χ2n) is 4.21. The molecule has 0 saturated heterocycles. The van der Waals surface area contributed by atoms with Crippen molar-refractivity contribution in [2.24, 2.45) is 4.99 Å². The minimum Gasteiger partial charge on any atom is -0.473 e. The summed E-state index contributed by atoms with van der Waals surface area (Å²) >= 11 is 0. The van der Waals surface area contributed by atoms with E-state index in [4.69, 9.17) is 12.6 Å². The van der Waals surface area contributed by atoms with Crippen LogP contribution in [0, 0.1) is 0 Å². The largest absolute Gasteiger partial charge is 0.473 e. The summed E-state index contributed by atoms with van der Waals surface area (Å²) in [4.78, 5) is 8.24. The number of rotatable bonds is 5. The monoisotopic (exact) mass is 240 g/mol. The van der Waals surface area contributed by atoms with Gasteiger partial charge in [0.25, 0.3) is 0 Å². The van der Waals surface area contributed by atoms with Crippen molar-refractivity contribution in [2.75, 3.05) is 6.61 Å². The van der Waals surface area contributed by atoms with Gasteiger partial charge in [-0.15, -0.1) is 0 Å². The van der Waals surface area contributed by atoms with Crippen molar-refractivity contribution in [3.05, 3.63) is 41.6 Å². The molecule has 4 heteroatoms. The molecule has 0 saturated carbocycles. The maximum absolute atomic E-state index is 5.58. The SMILES string of the molecule is [B]c1cccc(OCC(C=NC(=C)C)=C(C)C)n1. The van der Waals surface area contributed by atoms with Gasteiger partial charge in [-0.05, 0) is 26.4 Å². The number of hydrogen-bond acceptors (Lipinski definition) is 3. The Morgan fingerprint density at radius 3 is 2.72 bits per heavy atom. The number of ether oxygens (including phenoxy) is 1. The van der Waals surface area contributed by atoms with Crippen LogP contribution in [0.5, 0.6) is 5.88 Å². The summed E-state index contributed by atoms with van der Waals surface area (Å²) in [5.74, 6) is 0.512. The van der Waals surface area contributed by atoms with E-state index in [-0.39, 0.29) is 0 Å². The lowest BCUT2D eigenvalue weighted by atomic mass is 10.0. The van der Waals surface area contributed by atoms with Gasteiger partial charge in [-0.25, -0.2) is 4.98 Å². The molecule has 0 unspecified atom stereocenters. The van der Waals surface area contributed by atoms with Gasteiger partial charge in [0.05, 0.1) is 0 Å². The molecule has 1 aromatic heterocycles. The van der Waals surface area contributed by atoms with E-state index in [1.54, 1.807) is 18.3 Å². The third-order valence-electron chi connectivity index (χ3n) is 2.20. The first-order chi connectivity index (χ1) is 8.49. The molecule has 0 aliphatic rings. The van der Waals surface area contributed by atoms with E-state index in [1.807, 2.05) is 26.8 Å². The Balaban J connectivity index is 2.70. The zero-order valence-corrected chi connectivity index (χ0v) is 11.1. The molecule has 92 valence electrons. The molecule has 0 amide bonds. The highest BCUT2D eigenvalue weighted by Gasteiger charge is 2.00. The van der Waals surface area contributed by atoms with Crippen LogP contribution in [0.3, 0.4) is 0 Å². The number of allylic oxidation sites excluding steroid dienone is 2. The van der Waals surface area contributed by atoms with Crippen LogP contribution in [0.2, 0.25) is 0 Å². The molecular formula is C14H17BN2O. The Morgan fingerprint density at radius 1 is 1.44 bits per heavy atom. The van der Waals surface area contributed by atoms with E-state index in [1.165, 1.54) is 0 Å². The maximum atomic E-state index is 5.58. The van der Waals surface area contributed by atoms with Crippen LogP contribution < -0.4 is 10.3 Å². The molecule has 0 aliphatic carbocycles. The lowest BCUT2D eigenvalue weighted by Gasteiger charge is -2.08. The molecule has 0 aliphatic heterocycles. The van der Waals surface area contributed by atoms with Gasteiger partial charge in [-0.1, -0.05) is 24.3 Å². The summed E-state index contributed by atoms with van der Waals surface area (Å²) in [6, 6.07) is 5.30. The van der Waals surface area contributed by atoms with Crippen LogP contribution >= 0.6 is 0 Å². The molecule has 0 N–H and O–H groups in total. The van der Waals surface area contributed by atoms with Crippen LogP contribution in [-0.2, 0) is 0 Å². The van der Waals surface area contributed by atoms with Gasteiger partial charge in [0.1, 0.15) is 14.5 Å². The molecule has 1 heterocycles. The van der Waals surface area contributed by atoms with Gasteiger partial charge < -0.3 is 4.74 Å². The van der Waals surface area contributed by atoms with Crippen molar-refractivity contribution < 1.29 is 4.74 Å². The van der Waals surface area contributed by atoms with Crippen molar-refractivity contribution in [1.29, 1.82) is 0 Å². The van der Waals surface area contributed by atoms with E-state index in [0.717, 1.165) is 16.8 Å². The molecule has 1 rings (SSSR count). The quantitative estimate of drug-likeness (QED) is 0.584. The Morgan fingerprint density at radius 2 is 2.17 bits per heavy atom. The van der Waals surface area contributed by atoms with E-state index in [9.17, 15) is 0 Å². The number of pyridine rings is 1. The van der Waals surface area contributed by atoms with Gasteiger partial charge >= 0.3 is 0 Å². The van der Waals surface area contributed by atoms with E-state index < -0.39 is 0 Å². The standard InChI is InChI=1S/C14H17BN2O/c1-10(2)12(8-16-11(3)4)9-18-14-7-5-6-13(15)17-14/h5-8H,3,9H2,1-2,4H3. The maximum Gasteiger partial charge on any atom is 0.212 e. The predicted octanol–water partition coefficient (Wildman–Crippen LogP) is 2.20. The van der Waals surface area contributed by atoms with Crippen molar-refractivity contribution >= 4 is 19.7 Å². The average molecular weight is 240 g/mol. The Hall–Kier alpha value is -1.84. The Kier molecular flexibility index (Phi) is 5.37. The third kappa shape index (κ3) is 5.00. The highest BCUT2D eigenvalue weighted by atomic mass is 16.5. The van der Waals surface area contributed by atoms with E-state index in [0.29, 0.717) is 18.1 Å². The summed E-state index contributed by atoms with van der Waals surface area (Å²) in [5.41, 5.74) is 3.35. The molecule has 0 spiro atoms. The van der Waals surface area contributed by atoms with Crippen molar-refractivity contribution in [2.45, 2.75) is 20.8 Å². The second-order valence-corrected chi connectivity index (χ2v) is 4.21. The van der Waals surface area contributed by atoms with Crippen LogP contribution in [0.15, 0.2) is 46.6 Å². The van der Waals surface area contributed by atoms with Gasteiger partial charge in [-0.2, -0.15) is 0 Å². The van der Waals surface area contributed by atoms with Gasteiger partial charge in [0, 0.05) is 23.6 Å². The molecule has 2 radical (unpaired) electrons. The van der Waals surface area contributed by atoms with E-state index in [2.05, 4.69) is 16.6 Å². The fourth-order valence-electron chi connectivity index (χ4n) is 1.16. The minimum absolute atomic E-state index is 0.412. The topological polar surface area (TPSA) is 34.5 Å². The van der Waals surface area contributed by atoms with Crippen molar-refractivity contribution in [3.8, 4) is 5.88 Å². The first-order valence-corrected chi connectivity index (χ1v) is 5.70. The van der Waals surface area contributed by atoms with Crippen LogP contribution in [0.4, 0.5) is 0 Å². The lowest BCUT2D eigenvalue weighted by molar-refractivity contribution is 0.344. The van der Waals surface area contributed by atoms with Crippen LogP contribution in [0.1, 0.15) is 20.8 Å². The fourth-order valence-corrected chi connectivity index (χ4v) is 1.16. The normalized spacial score (nSPS) is 10.4. The number of nitrogens with zero attached hydrogens (tertiary/aromatic N) is 2. The summed E-state index contributed by atoms with van der Waals surface area (Å²) in [6.45, 7) is 10.0. The molecule has 1 aromatic rings. The molecular weight excluding hydrogens is 223 g/mol. The molecule has 0 fully saturated rings. The van der Waals surface area contributed by atoms with Crippen molar-refractivity contribution in [3.63, 3.8) is 0 Å². The molecule has 0 bridgehead atoms. The highest BCUT2D eigenvalue weighted by Crippen LogP contribution is 2.07. The van der Waals surface area contributed by atoms with Crippen molar-refractivity contribution in [1.82, 2.24) is 4.98 Å². The van der Waals surface area contributed by atoms with Crippen LogP contribution in [-0.4, -0.2) is 25.7 Å². The Bertz CT molecular complexity index is 488. The lowest BCUT2D eigenvalue weighted by Crippen LogP contribution is -2.11. The van der Waals surface area contributed by atoms with Gasteiger partial charge in [-0.3, -0.25) is 4.99 Å². The first kappa shape index (κ1) is 14.2. The summed E-state index contributed by atoms with van der Waals surface area (Å²) in [7, 11) is 5.58. The minimum atomic E-state index is 0.412. The number of aliphatic imine (C=N–C) groups is 1. The molecule has 0 atom stereocenters. The first-order valence-electron chi connectivity index (χ1n) is 5.70. The van der Waals surface area contributed by atoms with Crippen LogP contribution in [0.25, 0.3) is 0 Å².